The van der Waals surface area contributed by atoms with Crippen molar-refractivity contribution in [2.45, 2.75) is 11.8 Å². The number of anilines is 2. The van der Waals surface area contributed by atoms with Crippen molar-refractivity contribution >= 4 is 50.5 Å². The maximum absolute atomic E-state index is 13.1. The number of sulfonamides is 1. The molecule has 0 saturated heterocycles. The van der Waals surface area contributed by atoms with Crippen LogP contribution in [-0.4, -0.2) is 28.5 Å². The highest BCUT2D eigenvalue weighted by Crippen LogP contribution is 2.28. The first-order chi connectivity index (χ1) is 14.6. The third kappa shape index (κ3) is 4.95. The van der Waals surface area contributed by atoms with E-state index < -0.39 is 15.9 Å². The average molecular weight is 479 g/mol. The summed E-state index contributed by atoms with van der Waals surface area (Å²) in [7, 11) is -0.980. The number of amides is 1. The topological polar surface area (TPSA) is 75.7 Å². The van der Waals surface area contributed by atoms with Gasteiger partial charge in [-0.1, -0.05) is 29.3 Å². The first-order valence-electron chi connectivity index (χ1n) is 9.13. The van der Waals surface area contributed by atoms with Crippen molar-refractivity contribution in [1.29, 1.82) is 0 Å². The Labute approximate surface area is 191 Å². The number of halogens is 2. The van der Waals surface area contributed by atoms with Gasteiger partial charge in [-0.25, -0.2) is 8.42 Å². The molecule has 0 spiro atoms. The lowest BCUT2D eigenvalue weighted by Crippen LogP contribution is -2.27. The van der Waals surface area contributed by atoms with Crippen LogP contribution in [0, 0.1) is 6.92 Å². The number of carbonyl (C=O) groups is 1. The van der Waals surface area contributed by atoms with E-state index >= 15 is 0 Å². The molecule has 0 bridgehead atoms. The van der Waals surface area contributed by atoms with Crippen LogP contribution >= 0.6 is 23.2 Å². The molecule has 0 radical (unpaired) electrons. The molecule has 1 N–H and O–H groups in total. The minimum Gasteiger partial charge on any atom is -0.497 e. The largest absolute Gasteiger partial charge is 0.497 e. The smallest absolute Gasteiger partial charge is 0.264 e. The van der Waals surface area contributed by atoms with E-state index in [1.165, 1.54) is 32.4 Å². The highest BCUT2D eigenvalue weighted by atomic mass is 35.5. The van der Waals surface area contributed by atoms with E-state index in [1.807, 2.05) is 6.92 Å². The number of aryl methyl sites for hydroxylation is 1. The second-order valence-electron chi connectivity index (χ2n) is 6.73. The number of benzene rings is 3. The fourth-order valence-electron chi connectivity index (χ4n) is 2.85. The van der Waals surface area contributed by atoms with Gasteiger partial charge in [-0.15, -0.1) is 0 Å². The molecule has 0 aliphatic carbocycles. The zero-order chi connectivity index (χ0) is 22.8. The van der Waals surface area contributed by atoms with Gasteiger partial charge < -0.3 is 10.1 Å². The van der Waals surface area contributed by atoms with Crippen LogP contribution in [0.5, 0.6) is 5.75 Å². The van der Waals surface area contributed by atoms with Gasteiger partial charge in [0.2, 0.25) is 0 Å². The van der Waals surface area contributed by atoms with Crippen LogP contribution in [0.25, 0.3) is 0 Å². The number of rotatable bonds is 6. The third-order valence-electron chi connectivity index (χ3n) is 4.72. The minimum absolute atomic E-state index is 0.0326. The molecule has 0 aliphatic heterocycles. The maximum atomic E-state index is 13.1. The van der Waals surface area contributed by atoms with Gasteiger partial charge in [-0.3, -0.25) is 9.10 Å². The van der Waals surface area contributed by atoms with Crippen LogP contribution in [-0.2, 0) is 10.0 Å². The van der Waals surface area contributed by atoms with Gasteiger partial charge in [0.05, 0.1) is 28.3 Å². The zero-order valence-electron chi connectivity index (χ0n) is 17.0. The summed E-state index contributed by atoms with van der Waals surface area (Å²) in [5.74, 6) is 0.0656. The molecular weight excluding hydrogens is 459 g/mol. The maximum Gasteiger partial charge on any atom is 0.264 e. The summed E-state index contributed by atoms with van der Waals surface area (Å²) < 4.78 is 32.5. The molecule has 3 rings (SSSR count). The van der Waals surface area contributed by atoms with Gasteiger partial charge in [-0.05, 0) is 67.1 Å². The average Bonchev–Trinajstić information content (AvgIpc) is 2.75. The Bertz CT molecular complexity index is 1230. The summed E-state index contributed by atoms with van der Waals surface area (Å²) in [6.45, 7) is 1.82. The number of nitrogens with zero attached hydrogens (tertiary/aromatic N) is 1. The van der Waals surface area contributed by atoms with E-state index in [4.69, 9.17) is 27.9 Å². The molecule has 162 valence electrons. The van der Waals surface area contributed by atoms with Crippen LogP contribution in [0.1, 0.15) is 15.9 Å². The molecule has 9 heteroatoms. The molecule has 0 aliphatic rings. The molecule has 1 amide bonds. The summed E-state index contributed by atoms with van der Waals surface area (Å²) in [5, 5.41) is 3.32. The van der Waals surface area contributed by atoms with E-state index in [1.54, 1.807) is 42.5 Å². The Morgan fingerprint density at radius 3 is 2.32 bits per heavy atom. The number of ether oxygens (including phenoxy) is 1. The van der Waals surface area contributed by atoms with Gasteiger partial charge >= 0.3 is 0 Å². The summed E-state index contributed by atoms with van der Waals surface area (Å²) in [6.07, 6.45) is 0. The van der Waals surface area contributed by atoms with E-state index in [2.05, 4.69) is 5.32 Å². The lowest BCUT2D eigenvalue weighted by molar-refractivity contribution is 0.102. The van der Waals surface area contributed by atoms with Crippen LogP contribution in [0.3, 0.4) is 0 Å². The molecule has 3 aromatic rings. The summed E-state index contributed by atoms with van der Waals surface area (Å²) in [6, 6.07) is 15.7. The lowest BCUT2D eigenvalue weighted by atomic mass is 10.1. The summed E-state index contributed by atoms with van der Waals surface area (Å²) in [5.41, 5.74) is 1.79. The van der Waals surface area contributed by atoms with Crippen LogP contribution in [0.4, 0.5) is 11.4 Å². The van der Waals surface area contributed by atoms with Gasteiger partial charge in [0, 0.05) is 17.8 Å². The highest BCUT2D eigenvalue weighted by molar-refractivity contribution is 7.92. The first kappa shape index (κ1) is 22.9. The van der Waals surface area contributed by atoms with Gasteiger partial charge in [0.25, 0.3) is 15.9 Å². The molecular formula is C22H20Cl2N2O4S. The molecule has 0 aromatic heterocycles. The Morgan fingerprint density at radius 1 is 1.00 bits per heavy atom. The second-order valence-corrected chi connectivity index (χ2v) is 9.54. The molecule has 31 heavy (non-hydrogen) atoms. The van der Waals surface area contributed by atoms with Crippen molar-refractivity contribution in [3.63, 3.8) is 0 Å². The van der Waals surface area contributed by atoms with E-state index in [-0.39, 0.29) is 15.5 Å². The summed E-state index contributed by atoms with van der Waals surface area (Å²) in [4.78, 5) is 12.8. The van der Waals surface area contributed by atoms with Crippen LogP contribution in [0.15, 0.2) is 65.6 Å². The fraction of sp³-hybridized carbons (Fsp3) is 0.136. The van der Waals surface area contributed by atoms with E-state index in [0.717, 1.165) is 9.87 Å². The quantitative estimate of drug-likeness (QED) is 0.515. The Hall–Kier alpha value is -2.74. The second kappa shape index (κ2) is 9.18. The molecule has 0 heterocycles. The number of hydrogen-bond donors (Lipinski definition) is 1. The molecule has 0 fully saturated rings. The molecule has 0 saturated carbocycles. The van der Waals surface area contributed by atoms with E-state index in [0.29, 0.717) is 22.1 Å². The number of nitrogens with one attached hydrogen (secondary N) is 1. The Balaban J connectivity index is 1.93. The summed E-state index contributed by atoms with van der Waals surface area (Å²) >= 11 is 12.2. The number of methoxy groups -OCH3 is 1. The Morgan fingerprint density at radius 2 is 1.68 bits per heavy atom. The Kier molecular flexibility index (Phi) is 6.79. The van der Waals surface area contributed by atoms with Gasteiger partial charge in [-0.2, -0.15) is 0 Å². The van der Waals surface area contributed by atoms with Crippen LogP contribution < -0.4 is 14.4 Å². The molecule has 0 unspecified atom stereocenters. The van der Waals surface area contributed by atoms with Gasteiger partial charge in [0.15, 0.2) is 0 Å². The normalized spacial score (nSPS) is 11.1. The number of carbonyl (C=O) groups excluding carboxylic acids is 1. The predicted molar refractivity (Wildman–Crippen MR) is 124 cm³/mol. The fourth-order valence-corrected chi connectivity index (χ4v) is 4.44. The standard InChI is InChI=1S/C22H20Cl2N2O4S/c1-14-4-5-15(23)12-21(14)25-22(27)19-13-18(10-11-20(19)24)31(28,29)26(2)16-6-8-17(30-3)9-7-16/h4-13H,1-3H3,(H,25,27). The van der Waals surface area contributed by atoms with Crippen molar-refractivity contribution in [3.8, 4) is 5.75 Å². The monoisotopic (exact) mass is 478 g/mol. The van der Waals surface area contributed by atoms with Gasteiger partial charge in [0.1, 0.15) is 5.75 Å². The van der Waals surface area contributed by atoms with E-state index in [9.17, 15) is 13.2 Å². The zero-order valence-corrected chi connectivity index (χ0v) is 19.3. The third-order valence-corrected chi connectivity index (χ3v) is 7.07. The number of hydrogen-bond acceptors (Lipinski definition) is 4. The van der Waals surface area contributed by atoms with Crippen molar-refractivity contribution < 1.29 is 17.9 Å². The minimum atomic E-state index is -3.94. The lowest BCUT2D eigenvalue weighted by Gasteiger charge is -2.20. The predicted octanol–water partition coefficient (Wildman–Crippen LogP) is 5.39. The highest BCUT2D eigenvalue weighted by Gasteiger charge is 2.24. The van der Waals surface area contributed by atoms with Crippen LogP contribution in [0.2, 0.25) is 10.0 Å². The van der Waals surface area contributed by atoms with Crippen molar-refractivity contribution in [2.24, 2.45) is 0 Å². The van der Waals surface area contributed by atoms with Crippen molar-refractivity contribution in [2.75, 3.05) is 23.8 Å². The first-order valence-corrected chi connectivity index (χ1v) is 11.3. The molecule has 0 atom stereocenters. The SMILES string of the molecule is COc1ccc(N(C)S(=O)(=O)c2ccc(Cl)c(C(=O)Nc3cc(Cl)ccc3C)c2)cc1. The molecule has 6 nitrogen and oxygen atoms in total. The van der Waals surface area contributed by atoms with Crippen molar-refractivity contribution in [1.82, 2.24) is 0 Å². The van der Waals surface area contributed by atoms with Crippen molar-refractivity contribution in [3.05, 3.63) is 81.8 Å². The molecule has 3 aromatic carbocycles.